The van der Waals surface area contributed by atoms with E-state index >= 15 is 0 Å². The monoisotopic (exact) mass is 700 g/mol. The number of unbranched alkanes of at least 4 members (excludes halogenated alkanes) is 14. The van der Waals surface area contributed by atoms with Crippen molar-refractivity contribution in [1.29, 1.82) is 0 Å². The minimum absolute atomic E-state index is 0.223. The first-order valence-electron chi connectivity index (χ1n) is 21.2. The van der Waals surface area contributed by atoms with Gasteiger partial charge in [-0.05, 0) is 43.9 Å². The Morgan fingerprint density at radius 1 is 0.500 bits per heavy atom. The summed E-state index contributed by atoms with van der Waals surface area (Å²) in [4.78, 5) is 14.2. The molecule has 5 aromatic rings. The summed E-state index contributed by atoms with van der Waals surface area (Å²) in [5, 5.41) is 2.40. The van der Waals surface area contributed by atoms with E-state index < -0.39 is 5.60 Å². The van der Waals surface area contributed by atoms with E-state index in [-0.39, 0.29) is 5.97 Å². The van der Waals surface area contributed by atoms with Gasteiger partial charge in [-0.1, -0.05) is 172 Å². The van der Waals surface area contributed by atoms with Crippen LogP contribution in [0.1, 0.15) is 169 Å². The van der Waals surface area contributed by atoms with Crippen molar-refractivity contribution in [3.05, 3.63) is 106 Å². The molecule has 2 aromatic heterocycles. The van der Waals surface area contributed by atoms with Gasteiger partial charge in [0.05, 0.1) is 5.56 Å². The Morgan fingerprint density at radius 2 is 0.904 bits per heavy atom. The first-order chi connectivity index (χ1) is 25.6. The van der Waals surface area contributed by atoms with Crippen molar-refractivity contribution in [1.82, 2.24) is 9.13 Å². The largest absolute Gasteiger partial charge is 0.440 e. The van der Waals surface area contributed by atoms with Crippen LogP contribution in [0.4, 0.5) is 0 Å². The molecule has 0 radical (unpaired) electrons. The Bertz CT molecular complexity index is 1800. The number of hydrogen-bond donors (Lipinski definition) is 0. The van der Waals surface area contributed by atoms with Gasteiger partial charge in [0.15, 0.2) is 5.60 Å². The van der Waals surface area contributed by atoms with Crippen LogP contribution in [0, 0.1) is 0 Å². The number of cyclic esters (lactones) is 1. The molecule has 0 amide bonds. The summed E-state index contributed by atoms with van der Waals surface area (Å²) < 4.78 is 12.2. The number of nitrogens with zero attached hydrogens (tertiary/aromatic N) is 2. The number of fused-ring (bicyclic) bond motifs is 3. The van der Waals surface area contributed by atoms with Crippen molar-refractivity contribution in [3.8, 4) is 0 Å². The highest BCUT2D eigenvalue weighted by atomic mass is 16.6. The molecule has 278 valence electrons. The zero-order valence-corrected chi connectivity index (χ0v) is 32.8. The van der Waals surface area contributed by atoms with Gasteiger partial charge >= 0.3 is 5.97 Å². The Hall–Kier alpha value is -3.79. The van der Waals surface area contributed by atoms with E-state index in [0.29, 0.717) is 5.56 Å². The number of carbonyl (C=O) groups is 1. The Morgan fingerprint density at radius 3 is 1.37 bits per heavy atom. The molecule has 4 nitrogen and oxygen atoms in total. The first-order valence-corrected chi connectivity index (χ1v) is 21.2. The normalized spacial score (nSPS) is 13.7. The average molecular weight is 701 g/mol. The van der Waals surface area contributed by atoms with E-state index in [9.17, 15) is 4.79 Å². The predicted octanol–water partition coefficient (Wildman–Crippen LogP) is 13.5. The lowest BCUT2D eigenvalue weighted by Crippen LogP contribution is -2.32. The van der Waals surface area contributed by atoms with E-state index in [2.05, 4.69) is 97.5 Å². The molecule has 0 unspecified atom stereocenters. The summed E-state index contributed by atoms with van der Waals surface area (Å²) >= 11 is 0. The molecule has 0 saturated carbocycles. The molecule has 0 N–H and O–H groups in total. The molecule has 52 heavy (non-hydrogen) atoms. The number of esters is 1. The van der Waals surface area contributed by atoms with Crippen molar-refractivity contribution in [2.75, 3.05) is 0 Å². The molecule has 1 aliphatic heterocycles. The number of aromatic nitrogens is 2. The van der Waals surface area contributed by atoms with Gasteiger partial charge in [0.1, 0.15) is 0 Å². The lowest BCUT2D eigenvalue weighted by atomic mass is 9.76. The standard InChI is InChI=1S/C48H64N2O2/c1-5-9-11-13-15-17-19-27-35-49-41(7-3)45(38-30-22-25-33-43(38)49)48(40-32-24-21-29-37(40)47(51)52-48)46-39-31-23-26-34-44(39)50(42(46)8-4)36-28-20-18-16-14-12-10-6-2/h21-26,29-34H,5-20,27-28,35-36H2,1-4H3. The fourth-order valence-corrected chi connectivity index (χ4v) is 9.27. The van der Waals surface area contributed by atoms with Crippen molar-refractivity contribution < 1.29 is 9.53 Å². The third kappa shape index (κ3) is 7.50. The van der Waals surface area contributed by atoms with Gasteiger partial charge in [-0.3, -0.25) is 0 Å². The number of hydrogen-bond acceptors (Lipinski definition) is 2. The molecule has 0 aliphatic carbocycles. The highest BCUT2D eigenvalue weighted by Crippen LogP contribution is 2.54. The second kappa shape index (κ2) is 18.3. The number of rotatable bonds is 22. The highest BCUT2D eigenvalue weighted by Gasteiger charge is 2.53. The van der Waals surface area contributed by atoms with Crippen molar-refractivity contribution in [2.45, 2.75) is 162 Å². The zero-order chi connectivity index (χ0) is 36.3. The molecular weight excluding hydrogens is 637 g/mol. The minimum Gasteiger partial charge on any atom is -0.440 e. The molecule has 0 spiro atoms. The topological polar surface area (TPSA) is 36.2 Å². The van der Waals surface area contributed by atoms with E-state index in [0.717, 1.165) is 55.5 Å². The molecule has 6 rings (SSSR count). The smallest absolute Gasteiger partial charge is 0.340 e. The van der Waals surface area contributed by atoms with Crippen LogP contribution in [-0.2, 0) is 36.3 Å². The lowest BCUT2D eigenvalue weighted by Gasteiger charge is -2.32. The van der Waals surface area contributed by atoms with Gasteiger partial charge in [0, 0.05) is 63.0 Å². The zero-order valence-electron chi connectivity index (χ0n) is 32.8. The second-order valence-corrected chi connectivity index (χ2v) is 15.3. The third-order valence-corrected chi connectivity index (χ3v) is 11.8. The summed E-state index contributed by atoms with van der Waals surface area (Å²) in [5.41, 5.74) is 8.02. The van der Waals surface area contributed by atoms with Crippen LogP contribution in [0.15, 0.2) is 72.8 Å². The highest BCUT2D eigenvalue weighted by molar-refractivity contribution is 6.01. The maximum absolute atomic E-state index is 14.2. The molecule has 1 aliphatic rings. The van der Waals surface area contributed by atoms with Gasteiger partial charge in [-0.25, -0.2) is 4.79 Å². The van der Waals surface area contributed by atoms with Gasteiger partial charge in [0.2, 0.25) is 0 Å². The van der Waals surface area contributed by atoms with Crippen molar-refractivity contribution >= 4 is 27.8 Å². The number of carbonyl (C=O) groups excluding carboxylic acids is 1. The third-order valence-electron chi connectivity index (χ3n) is 11.8. The van der Waals surface area contributed by atoms with Gasteiger partial charge in [0.25, 0.3) is 0 Å². The van der Waals surface area contributed by atoms with Crippen molar-refractivity contribution in [2.24, 2.45) is 0 Å². The van der Waals surface area contributed by atoms with Crippen LogP contribution < -0.4 is 0 Å². The molecule has 4 heteroatoms. The van der Waals surface area contributed by atoms with Crippen LogP contribution >= 0.6 is 0 Å². The molecular formula is C48H64N2O2. The quantitative estimate of drug-likeness (QED) is 0.0532. The van der Waals surface area contributed by atoms with E-state index in [1.165, 1.54) is 123 Å². The molecule has 3 aromatic carbocycles. The van der Waals surface area contributed by atoms with Gasteiger partial charge in [-0.2, -0.15) is 0 Å². The fraction of sp³-hybridized carbons (Fsp3) is 0.521. The summed E-state index contributed by atoms with van der Waals surface area (Å²) in [6, 6.07) is 26.0. The number of benzene rings is 3. The molecule has 3 heterocycles. The summed E-state index contributed by atoms with van der Waals surface area (Å²) in [7, 11) is 0. The second-order valence-electron chi connectivity index (χ2n) is 15.3. The molecule has 0 bridgehead atoms. The Kier molecular flexibility index (Phi) is 13.4. The van der Waals surface area contributed by atoms with Crippen LogP contribution in [0.2, 0.25) is 0 Å². The predicted molar refractivity (Wildman–Crippen MR) is 220 cm³/mol. The van der Waals surface area contributed by atoms with Crippen LogP contribution in [0.3, 0.4) is 0 Å². The number of para-hydroxylation sites is 2. The molecule has 0 fully saturated rings. The molecule has 0 saturated heterocycles. The average Bonchev–Trinajstić information content (AvgIpc) is 3.79. The summed E-state index contributed by atoms with van der Waals surface area (Å²) in [6.07, 6.45) is 22.5. The van der Waals surface area contributed by atoms with E-state index in [4.69, 9.17) is 4.74 Å². The van der Waals surface area contributed by atoms with E-state index in [1.807, 2.05) is 12.1 Å². The fourth-order valence-electron chi connectivity index (χ4n) is 9.27. The molecule has 0 atom stereocenters. The first kappa shape index (κ1) is 38.0. The summed E-state index contributed by atoms with van der Waals surface area (Å²) in [5.74, 6) is -0.223. The Labute approximate surface area is 314 Å². The van der Waals surface area contributed by atoms with Gasteiger partial charge < -0.3 is 13.9 Å². The minimum atomic E-state index is -1.04. The SMILES string of the molecule is CCCCCCCCCCn1c(CC)c(C2(c3c(CC)n(CCCCCCCCCC)c4ccccc34)OC(=O)c3ccccc32)c2ccccc21. The lowest BCUT2D eigenvalue weighted by molar-refractivity contribution is 0.0254. The van der Waals surface area contributed by atoms with Crippen LogP contribution in [-0.4, -0.2) is 15.1 Å². The van der Waals surface area contributed by atoms with Crippen molar-refractivity contribution in [3.63, 3.8) is 0 Å². The number of aryl methyl sites for hydroxylation is 2. The summed E-state index contributed by atoms with van der Waals surface area (Å²) in [6.45, 7) is 11.1. The van der Waals surface area contributed by atoms with Crippen LogP contribution in [0.25, 0.3) is 21.8 Å². The Balaban J connectivity index is 1.45. The number of ether oxygens (including phenoxy) is 1. The van der Waals surface area contributed by atoms with E-state index in [1.54, 1.807) is 0 Å². The van der Waals surface area contributed by atoms with Crippen LogP contribution in [0.5, 0.6) is 0 Å². The maximum Gasteiger partial charge on any atom is 0.340 e. The maximum atomic E-state index is 14.2. The van der Waals surface area contributed by atoms with Gasteiger partial charge in [-0.15, -0.1) is 0 Å².